The molecule has 0 bridgehead atoms. The van der Waals surface area contributed by atoms with Gasteiger partial charge in [-0.25, -0.2) is 4.79 Å². The van der Waals surface area contributed by atoms with Gasteiger partial charge in [-0.15, -0.1) is 11.3 Å². The fourth-order valence-electron chi connectivity index (χ4n) is 2.05. The zero-order valence-electron chi connectivity index (χ0n) is 9.03. The molecule has 2 aromatic heterocycles. The minimum Gasteiger partial charge on any atom is -0.422 e. The molecule has 0 spiro atoms. The standard InChI is InChI=1S/C13H10O2S/c1-7-5-11(14)15-13-9(7)3-4-10-12(13)8(2)6-16-10/h3-6H,1-2H3. The highest BCUT2D eigenvalue weighted by Crippen LogP contribution is 2.32. The van der Waals surface area contributed by atoms with Crippen LogP contribution in [-0.4, -0.2) is 0 Å². The van der Waals surface area contributed by atoms with E-state index in [4.69, 9.17) is 4.42 Å². The minimum atomic E-state index is -0.275. The number of rotatable bonds is 0. The van der Waals surface area contributed by atoms with Crippen molar-refractivity contribution in [3.8, 4) is 0 Å². The first kappa shape index (κ1) is 9.60. The van der Waals surface area contributed by atoms with Gasteiger partial charge in [0, 0.05) is 21.5 Å². The van der Waals surface area contributed by atoms with Crippen LogP contribution in [-0.2, 0) is 0 Å². The van der Waals surface area contributed by atoms with E-state index >= 15 is 0 Å². The van der Waals surface area contributed by atoms with E-state index in [0.29, 0.717) is 0 Å². The second-order valence-electron chi connectivity index (χ2n) is 3.98. The Morgan fingerprint density at radius 2 is 2.00 bits per heavy atom. The van der Waals surface area contributed by atoms with Gasteiger partial charge in [0.15, 0.2) is 0 Å². The van der Waals surface area contributed by atoms with Crippen molar-refractivity contribution in [2.75, 3.05) is 0 Å². The zero-order valence-corrected chi connectivity index (χ0v) is 9.85. The number of fused-ring (bicyclic) bond motifs is 3. The van der Waals surface area contributed by atoms with Gasteiger partial charge in [-0.1, -0.05) is 0 Å². The lowest BCUT2D eigenvalue weighted by Gasteiger charge is -2.02. The molecule has 0 aliphatic carbocycles. The normalized spacial score (nSPS) is 11.4. The lowest BCUT2D eigenvalue weighted by molar-refractivity contribution is 0.563. The van der Waals surface area contributed by atoms with Crippen molar-refractivity contribution in [2.24, 2.45) is 0 Å². The van der Waals surface area contributed by atoms with Crippen molar-refractivity contribution < 1.29 is 4.42 Å². The lowest BCUT2D eigenvalue weighted by Crippen LogP contribution is -1.97. The van der Waals surface area contributed by atoms with Crippen molar-refractivity contribution >= 4 is 32.4 Å². The van der Waals surface area contributed by atoms with Crippen molar-refractivity contribution in [2.45, 2.75) is 13.8 Å². The van der Waals surface area contributed by atoms with Crippen LogP contribution in [0.2, 0.25) is 0 Å². The molecule has 0 radical (unpaired) electrons. The Morgan fingerprint density at radius 1 is 1.19 bits per heavy atom. The molecule has 2 heterocycles. The van der Waals surface area contributed by atoms with E-state index in [1.165, 1.54) is 16.3 Å². The molecule has 0 atom stereocenters. The number of benzene rings is 1. The van der Waals surface area contributed by atoms with Crippen LogP contribution in [0, 0.1) is 13.8 Å². The van der Waals surface area contributed by atoms with Gasteiger partial charge in [-0.3, -0.25) is 0 Å². The smallest absolute Gasteiger partial charge is 0.336 e. The summed E-state index contributed by atoms with van der Waals surface area (Å²) in [7, 11) is 0. The van der Waals surface area contributed by atoms with Crippen molar-refractivity contribution in [3.63, 3.8) is 0 Å². The summed E-state index contributed by atoms with van der Waals surface area (Å²) in [5, 5.41) is 4.18. The molecule has 2 nitrogen and oxygen atoms in total. The first-order chi connectivity index (χ1) is 7.66. The van der Waals surface area contributed by atoms with E-state index in [1.807, 2.05) is 19.9 Å². The molecule has 80 valence electrons. The van der Waals surface area contributed by atoms with Gasteiger partial charge in [0.1, 0.15) is 5.58 Å². The Bertz CT molecular complexity index is 750. The van der Waals surface area contributed by atoms with Crippen LogP contribution in [0.3, 0.4) is 0 Å². The lowest BCUT2D eigenvalue weighted by atomic mass is 10.1. The quantitative estimate of drug-likeness (QED) is 0.552. The summed E-state index contributed by atoms with van der Waals surface area (Å²) in [5.41, 5.74) is 2.59. The molecule has 0 saturated carbocycles. The van der Waals surface area contributed by atoms with Crippen LogP contribution in [0.1, 0.15) is 11.1 Å². The first-order valence-electron chi connectivity index (χ1n) is 5.08. The Hall–Kier alpha value is -1.61. The van der Waals surface area contributed by atoms with Gasteiger partial charge in [0.25, 0.3) is 0 Å². The minimum absolute atomic E-state index is 0.275. The number of hydrogen-bond acceptors (Lipinski definition) is 3. The molecule has 3 rings (SSSR count). The first-order valence-corrected chi connectivity index (χ1v) is 5.96. The van der Waals surface area contributed by atoms with Crippen LogP contribution >= 0.6 is 11.3 Å². The van der Waals surface area contributed by atoms with Crippen LogP contribution in [0.25, 0.3) is 21.1 Å². The zero-order chi connectivity index (χ0) is 11.3. The highest BCUT2D eigenvalue weighted by Gasteiger charge is 2.09. The molecule has 1 aromatic carbocycles. The van der Waals surface area contributed by atoms with Gasteiger partial charge >= 0.3 is 5.63 Å². The molecule has 3 aromatic rings. The van der Waals surface area contributed by atoms with E-state index in [0.717, 1.165) is 21.9 Å². The second kappa shape index (κ2) is 3.19. The van der Waals surface area contributed by atoms with Crippen LogP contribution in [0.4, 0.5) is 0 Å². The van der Waals surface area contributed by atoms with Crippen LogP contribution in [0.5, 0.6) is 0 Å². The Morgan fingerprint density at radius 3 is 2.81 bits per heavy atom. The molecule has 0 unspecified atom stereocenters. The van der Waals surface area contributed by atoms with Gasteiger partial charge in [-0.2, -0.15) is 0 Å². The number of hydrogen-bond donors (Lipinski definition) is 0. The number of thiophene rings is 1. The fraction of sp³-hybridized carbons (Fsp3) is 0.154. The molecule has 0 fully saturated rings. The average molecular weight is 230 g/mol. The molecule has 16 heavy (non-hydrogen) atoms. The predicted molar refractivity (Wildman–Crippen MR) is 67.3 cm³/mol. The molecule has 0 N–H and O–H groups in total. The summed E-state index contributed by atoms with van der Waals surface area (Å²) in [6.07, 6.45) is 0. The molecule has 0 aliphatic heterocycles. The van der Waals surface area contributed by atoms with E-state index in [9.17, 15) is 4.79 Å². The third-order valence-electron chi connectivity index (χ3n) is 2.84. The summed E-state index contributed by atoms with van der Waals surface area (Å²) in [5.74, 6) is 0. The largest absolute Gasteiger partial charge is 0.422 e. The Labute approximate surface area is 96.1 Å². The third kappa shape index (κ3) is 1.21. The SMILES string of the molecule is Cc1cc(=O)oc2c1ccc1scc(C)c12. The maximum Gasteiger partial charge on any atom is 0.336 e. The van der Waals surface area contributed by atoms with E-state index in [1.54, 1.807) is 11.3 Å². The Balaban J connectivity index is 2.69. The molecular weight excluding hydrogens is 220 g/mol. The van der Waals surface area contributed by atoms with Crippen LogP contribution in [0.15, 0.2) is 32.8 Å². The fourth-order valence-corrected chi connectivity index (χ4v) is 2.99. The van der Waals surface area contributed by atoms with E-state index < -0.39 is 0 Å². The monoisotopic (exact) mass is 230 g/mol. The summed E-state index contributed by atoms with van der Waals surface area (Å²) in [4.78, 5) is 11.4. The van der Waals surface area contributed by atoms with Gasteiger partial charge < -0.3 is 4.42 Å². The Kier molecular flexibility index (Phi) is 1.91. The molecular formula is C13H10O2S. The highest BCUT2D eigenvalue weighted by molar-refractivity contribution is 7.17. The summed E-state index contributed by atoms with van der Waals surface area (Å²) in [6, 6.07) is 5.64. The average Bonchev–Trinajstić information content (AvgIpc) is 2.60. The van der Waals surface area contributed by atoms with Gasteiger partial charge in [0.2, 0.25) is 0 Å². The topological polar surface area (TPSA) is 30.2 Å². The summed E-state index contributed by atoms with van der Waals surface area (Å²) < 4.78 is 6.51. The number of aryl methyl sites for hydroxylation is 2. The molecule has 0 saturated heterocycles. The second-order valence-corrected chi connectivity index (χ2v) is 4.89. The van der Waals surface area contributed by atoms with Crippen LogP contribution < -0.4 is 5.63 Å². The maximum absolute atomic E-state index is 11.4. The predicted octanol–water partition coefficient (Wildman–Crippen LogP) is 3.62. The van der Waals surface area contributed by atoms with Gasteiger partial charge in [0.05, 0.1) is 0 Å². The summed E-state index contributed by atoms with van der Waals surface area (Å²) >= 11 is 1.68. The van der Waals surface area contributed by atoms with Crippen molar-refractivity contribution in [1.29, 1.82) is 0 Å². The van der Waals surface area contributed by atoms with Crippen molar-refractivity contribution in [1.82, 2.24) is 0 Å². The van der Waals surface area contributed by atoms with E-state index in [-0.39, 0.29) is 5.63 Å². The molecule has 3 heteroatoms. The highest BCUT2D eigenvalue weighted by atomic mass is 32.1. The maximum atomic E-state index is 11.4. The van der Waals surface area contributed by atoms with Crippen molar-refractivity contribution in [3.05, 3.63) is 45.1 Å². The van der Waals surface area contributed by atoms with Gasteiger partial charge in [-0.05, 0) is 42.5 Å². The van der Waals surface area contributed by atoms with E-state index in [2.05, 4.69) is 11.4 Å². The summed E-state index contributed by atoms with van der Waals surface area (Å²) in [6.45, 7) is 3.98. The molecule has 0 amide bonds. The molecule has 0 aliphatic rings. The third-order valence-corrected chi connectivity index (χ3v) is 3.90.